The van der Waals surface area contributed by atoms with Gasteiger partial charge in [0.05, 0.1) is 29.5 Å². The molecule has 9 heteroatoms. The number of carbonyl (C=O) groups excluding carboxylic acids is 2. The third-order valence-electron chi connectivity index (χ3n) is 5.59. The molecule has 3 heterocycles. The highest BCUT2D eigenvalue weighted by molar-refractivity contribution is 7.91. The van der Waals surface area contributed by atoms with E-state index in [4.69, 9.17) is 0 Å². The Morgan fingerprint density at radius 2 is 1.72 bits per heavy atom. The lowest BCUT2D eigenvalue weighted by Crippen LogP contribution is -2.52. The summed E-state index contributed by atoms with van der Waals surface area (Å²) in [4.78, 5) is 28.6. The summed E-state index contributed by atoms with van der Waals surface area (Å²) in [7, 11) is -3.07. The molecule has 1 unspecified atom stereocenters. The smallest absolute Gasteiger partial charge is 0.227 e. The highest BCUT2D eigenvalue weighted by atomic mass is 32.2. The van der Waals surface area contributed by atoms with Crippen LogP contribution in [0.2, 0.25) is 0 Å². The third kappa shape index (κ3) is 4.50. The Bertz CT molecular complexity index is 978. The maximum Gasteiger partial charge on any atom is 0.227 e. The molecule has 0 spiro atoms. The van der Waals surface area contributed by atoms with Gasteiger partial charge in [0, 0.05) is 38.6 Å². The topological polar surface area (TPSA) is 92.6 Å². The number of benzene rings is 1. The van der Waals surface area contributed by atoms with Gasteiger partial charge in [0.1, 0.15) is 0 Å². The van der Waals surface area contributed by atoms with Crippen LogP contribution >= 0.6 is 0 Å². The second kappa shape index (κ2) is 7.98. The molecule has 8 nitrogen and oxygen atoms in total. The van der Waals surface area contributed by atoms with Gasteiger partial charge in [-0.05, 0) is 30.2 Å². The van der Waals surface area contributed by atoms with Crippen LogP contribution in [0.5, 0.6) is 0 Å². The van der Waals surface area contributed by atoms with Gasteiger partial charge >= 0.3 is 0 Å². The molecule has 0 radical (unpaired) electrons. The fourth-order valence-corrected chi connectivity index (χ4v) is 5.63. The van der Waals surface area contributed by atoms with Crippen LogP contribution in [0.4, 0.5) is 0 Å². The molecule has 2 saturated heterocycles. The van der Waals surface area contributed by atoms with E-state index in [9.17, 15) is 18.0 Å². The third-order valence-corrected chi connectivity index (χ3v) is 7.35. The second-order valence-electron chi connectivity index (χ2n) is 7.60. The van der Waals surface area contributed by atoms with Crippen LogP contribution in [0.3, 0.4) is 0 Å². The fraction of sp³-hybridized carbons (Fsp3) is 0.450. The highest BCUT2D eigenvalue weighted by Crippen LogP contribution is 2.21. The van der Waals surface area contributed by atoms with Crippen molar-refractivity contribution in [3.8, 4) is 5.69 Å². The van der Waals surface area contributed by atoms with Crippen molar-refractivity contribution in [3.63, 3.8) is 0 Å². The van der Waals surface area contributed by atoms with E-state index in [1.54, 1.807) is 20.7 Å². The average molecular weight is 417 g/mol. The number of nitrogens with zero attached hydrogens (tertiary/aromatic N) is 4. The number of amides is 2. The summed E-state index contributed by atoms with van der Waals surface area (Å²) in [6.45, 7) is 1.88. The number of hydrogen-bond donors (Lipinski definition) is 0. The lowest BCUT2D eigenvalue weighted by Gasteiger charge is -2.36. The lowest BCUT2D eigenvalue weighted by atomic mass is 10.1. The van der Waals surface area contributed by atoms with Crippen molar-refractivity contribution in [1.29, 1.82) is 0 Å². The normalized spacial score (nSPS) is 21.3. The van der Waals surface area contributed by atoms with Crippen LogP contribution in [0, 0.1) is 5.92 Å². The first kappa shape index (κ1) is 19.6. The van der Waals surface area contributed by atoms with E-state index in [0.717, 1.165) is 11.3 Å². The summed E-state index contributed by atoms with van der Waals surface area (Å²) in [6.07, 6.45) is 4.30. The maximum atomic E-state index is 12.6. The first-order valence-electron chi connectivity index (χ1n) is 9.77. The average Bonchev–Trinajstić information content (AvgIpc) is 3.38. The number of aromatic nitrogens is 2. The van der Waals surface area contributed by atoms with Gasteiger partial charge < -0.3 is 9.80 Å². The molecule has 154 valence electrons. The Balaban J connectivity index is 1.28. The number of rotatable bonds is 4. The predicted molar refractivity (Wildman–Crippen MR) is 107 cm³/mol. The monoisotopic (exact) mass is 416 g/mol. The van der Waals surface area contributed by atoms with Crippen LogP contribution < -0.4 is 0 Å². The second-order valence-corrected chi connectivity index (χ2v) is 9.83. The molecular formula is C20H24N4O4S. The van der Waals surface area contributed by atoms with Gasteiger partial charge in [-0.15, -0.1) is 0 Å². The van der Waals surface area contributed by atoms with Crippen LogP contribution in [-0.2, 0) is 25.8 Å². The molecule has 1 aromatic heterocycles. The van der Waals surface area contributed by atoms with Gasteiger partial charge in [0.25, 0.3) is 0 Å². The molecule has 2 aromatic rings. The minimum Gasteiger partial charge on any atom is -0.339 e. The molecule has 1 aromatic carbocycles. The standard InChI is InChI=1S/C20H24N4O4S/c25-19(14-16-2-4-18(5-3-16)24-8-1-7-21-24)22-9-11-23(12-10-22)20(26)17-6-13-29(27,28)15-17/h1-5,7-8,17H,6,9-15H2. The fourth-order valence-electron chi connectivity index (χ4n) is 3.90. The van der Waals surface area contributed by atoms with Crippen LogP contribution in [0.15, 0.2) is 42.7 Å². The molecule has 2 amide bonds. The molecule has 1 atom stereocenters. The quantitative estimate of drug-likeness (QED) is 0.725. The maximum absolute atomic E-state index is 12.6. The van der Waals surface area contributed by atoms with Crippen molar-refractivity contribution in [3.05, 3.63) is 48.3 Å². The van der Waals surface area contributed by atoms with Crippen molar-refractivity contribution in [2.75, 3.05) is 37.7 Å². The molecule has 0 saturated carbocycles. The van der Waals surface area contributed by atoms with Crippen LogP contribution in [-0.4, -0.2) is 77.5 Å². The summed E-state index contributed by atoms with van der Waals surface area (Å²) >= 11 is 0. The van der Waals surface area contributed by atoms with Crippen molar-refractivity contribution in [1.82, 2.24) is 19.6 Å². The molecule has 0 aliphatic carbocycles. The molecule has 0 N–H and O–H groups in total. The van der Waals surface area contributed by atoms with Gasteiger partial charge in [-0.25, -0.2) is 13.1 Å². The molecule has 29 heavy (non-hydrogen) atoms. The Morgan fingerprint density at radius 3 is 2.31 bits per heavy atom. The van der Waals surface area contributed by atoms with E-state index < -0.39 is 15.8 Å². The summed E-state index contributed by atoms with van der Waals surface area (Å²) in [5.74, 6) is -0.420. The van der Waals surface area contributed by atoms with E-state index in [-0.39, 0.29) is 23.3 Å². The zero-order valence-corrected chi connectivity index (χ0v) is 16.9. The Morgan fingerprint density at radius 1 is 1.03 bits per heavy atom. The molecule has 4 rings (SSSR count). The summed E-state index contributed by atoms with van der Waals surface area (Å²) in [6, 6.07) is 9.57. The van der Waals surface area contributed by atoms with Crippen LogP contribution in [0.1, 0.15) is 12.0 Å². The number of hydrogen-bond acceptors (Lipinski definition) is 5. The van der Waals surface area contributed by atoms with Gasteiger partial charge in [0.15, 0.2) is 9.84 Å². The molecule has 2 aliphatic rings. The number of sulfone groups is 1. The first-order valence-corrected chi connectivity index (χ1v) is 11.6. The zero-order chi connectivity index (χ0) is 20.4. The zero-order valence-electron chi connectivity index (χ0n) is 16.1. The Hall–Kier alpha value is -2.68. The van der Waals surface area contributed by atoms with Crippen molar-refractivity contribution in [2.45, 2.75) is 12.8 Å². The molecule has 2 aliphatic heterocycles. The minimum absolute atomic E-state index is 0.0346. The number of piperazine rings is 1. The Labute approximate surface area is 170 Å². The van der Waals surface area contributed by atoms with E-state index in [1.807, 2.05) is 36.5 Å². The van der Waals surface area contributed by atoms with Gasteiger partial charge in [-0.1, -0.05) is 12.1 Å². The van der Waals surface area contributed by atoms with Gasteiger partial charge in [-0.3, -0.25) is 9.59 Å². The molecule has 0 bridgehead atoms. The summed E-state index contributed by atoms with van der Waals surface area (Å²) < 4.78 is 25.0. The van der Waals surface area contributed by atoms with Crippen molar-refractivity contribution >= 4 is 21.7 Å². The van der Waals surface area contributed by atoms with Crippen molar-refractivity contribution in [2.24, 2.45) is 5.92 Å². The largest absolute Gasteiger partial charge is 0.339 e. The van der Waals surface area contributed by atoms with E-state index in [0.29, 0.717) is 39.0 Å². The van der Waals surface area contributed by atoms with E-state index in [2.05, 4.69) is 5.10 Å². The molecular weight excluding hydrogens is 392 g/mol. The molecule has 2 fully saturated rings. The highest BCUT2D eigenvalue weighted by Gasteiger charge is 2.36. The number of carbonyl (C=O) groups is 2. The predicted octanol–water partition coefficient (Wildman–Crippen LogP) is 0.520. The lowest BCUT2D eigenvalue weighted by molar-refractivity contribution is -0.141. The minimum atomic E-state index is -3.07. The van der Waals surface area contributed by atoms with Crippen LogP contribution in [0.25, 0.3) is 5.69 Å². The van der Waals surface area contributed by atoms with Gasteiger partial charge in [-0.2, -0.15) is 5.10 Å². The van der Waals surface area contributed by atoms with E-state index in [1.165, 1.54) is 0 Å². The Kier molecular flexibility index (Phi) is 5.40. The SMILES string of the molecule is O=C(Cc1ccc(-n2cccn2)cc1)N1CCN(C(=O)C2CCS(=O)(=O)C2)CC1. The first-order chi connectivity index (χ1) is 13.9. The summed E-state index contributed by atoms with van der Waals surface area (Å²) in [5, 5.41) is 4.18. The van der Waals surface area contributed by atoms with Crippen molar-refractivity contribution < 1.29 is 18.0 Å². The van der Waals surface area contributed by atoms with Gasteiger partial charge in [0.2, 0.25) is 11.8 Å². The van der Waals surface area contributed by atoms with E-state index >= 15 is 0 Å². The summed E-state index contributed by atoms with van der Waals surface area (Å²) in [5.41, 5.74) is 1.87.